The maximum atomic E-state index is 15.1. The van der Waals surface area contributed by atoms with Gasteiger partial charge < -0.3 is 14.4 Å². The predicted octanol–water partition coefficient (Wildman–Crippen LogP) is 8.22. The molecule has 2 unspecified atom stereocenters. The maximum absolute atomic E-state index is 15.1. The summed E-state index contributed by atoms with van der Waals surface area (Å²) in [6.45, 7) is 9.88. The molecule has 12 heteroatoms. The van der Waals surface area contributed by atoms with Crippen molar-refractivity contribution in [2.24, 2.45) is 4.99 Å². The summed E-state index contributed by atoms with van der Waals surface area (Å²) in [6.07, 6.45) is -3.00. The van der Waals surface area contributed by atoms with Crippen molar-refractivity contribution in [3.05, 3.63) is 99.0 Å². The molecule has 0 N–H and O–H groups in total. The lowest BCUT2D eigenvalue weighted by molar-refractivity contribution is -0.137. The molecule has 0 aliphatic carbocycles. The maximum Gasteiger partial charge on any atom is 0.416 e. The minimum Gasteiger partial charge on any atom is -0.493 e. The molecule has 2 amide bonds. The topological polar surface area (TPSA) is 57.6 Å². The van der Waals surface area contributed by atoms with Crippen molar-refractivity contribution >= 4 is 35.1 Å². The molecule has 0 radical (unpaired) electrons. The van der Waals surface area contributed by atoms with Crippen molar-refractivity contribution in [1.82, 2.24) is 14.7 Å². The number of hydrogen-bond donors (Lipinski definition) is 0. The number of morpholine rings is 1. The summed E-state index contributed by atoms with van der Waals surface area (Å²) in [5, 5.41) is 1.06. The zero-order valence-electron chi connectivity index (χ0n) is 27.2. The van der Waals surface area contributed by atoms with Crippen molar-refractivity contribution in [1.29, 1.82) is 0 Å². The molecule has 0 spiro atoms. The van der Waals surface area contributed by atoms with Crippen molar-refractivity contribution < 1.29 is 27.4 Å². The van der Waals surface area contributed by atoms with Crippen LogP contribution in [-0.2, 0) is 22.0 Å². The van der Waals surface area contributed by atoms with Gasteiger partial charge in [-0.3, -0.25) is 14.8 Å². The molecule has 48 heavy (non-hydrogen) atoms. The summed E-state index contributed by atoms with van der Waals surface area (Å²) in [7, 11) is 0. The number of likely N-dealkylation sites (tertiary alicyclic amines) is 1. The van der Waals surface area contributed by atoms with E-state index in [1.165, 1.54) is 6.07 Å². The summed E-state index contributed by atoms with van der Waals surface area (Å²) in [5.41, 5.74) is -1.31. The minimum atomic E-state index is -4.59. The average Bonchev–Trinajstić information content (AvgIpc) is 3.33. The first-order valence-electron chi connectivity index (χ1n) is 16.2. The highest BCUT2D eigenvalue weighted by Gasteiger charge is 2.60. The van der Waals surface area contributed by atoms with E-state index in [2.05, 4.69) is 4.90 Å². The van der Waals surface area contributed by atoms with Crippen LogP contribution in [0, 0.1) is 0 Å². The van der Waals surface area contributed by atoms with Crippen LogP contribution in [0.3, 0.4) is 0 Å². The van der Waals surface area contributed by atoms with Gasteiger partial charge in [-0.2, -0.15) is 13.2 Å². The van der Waals surface area contributed by atoms with Gasteiger partial charge in [-0.05, 0) is 87.2 Å². The van der Waals surface area contributed by atoms with E-state index >= 15 is 4.79 Å². The van der Waals surface area contributed by atoms with E-state index in [-0.39, 0.29) is 24.2 Å². The Balaban J connectivity index is 1.51. The molecular weight excluding hydrogens is 664 g/mol. The van der Waals surface area contributed by atoms with Crippen molar-refractivity contribution in [2.45, 2.75) is 56.9 Å². The largest absolute Gasteiger partial charge is 0.493 e. The number of aliphatic imine (C=N–C) groups is 1. The van der Waals surface area contributed by atoms with Crippen molar-refractivity contribution in [3.8, 4) is 5.75 Å². The van der Waals surface area contributed by atoms with Crippen LogP contribution in [0.25, 0.3) is 0 Å². The normalized spacial score (nSPS) is 24.1. The van der Waals surface area contributed by atoms with E-state index in [0.717, 1.165) is 49.2 Å². The zero-order chi connectivity index (χ0) is 34.3. The molecule has 7 nitrogen and oxygen atoms in total. The second-order valence-corrected chi connectivity index (χ2v) is 13.6. The number of rotatable bonds is 6. The number of urea groups is 1. The highest BCUT2D eigenvalue weighted by molar-refractivity contribution is 6.30. The van der Waals surface area contributed by atoms with Gasteiger partial charge in [0, 0.05) is 42.3 Å². The third kappa shape index (κ3) is 6.28. The second kappa shape index (κ2) is 13.5. The summed E-state index contributed by atoms with van der Waals surface area (Å²) < 4.78 is 53.1. The van der Waals surface area contributed by atoms with E-state index < -0.39 is 22.8 Å². The molecule has 0 bridgehead atoms. The number of nitrogens with zero attached hydrogens (tertiary/aromatic N) is 4. The Morgan fingerprint density at radius 2 is 1.50 bits per heavy atom. The van der Waals surface area contributed by atoms with Gasteiger partial charge in [0.1, 0.15) is 22.7 Å². The Morgan fingerprint density at radius 3 is 2.06 bits per heavy atom. The first-order chi connectivity index (χ1) is 22.9. The molecule has 3 aromatic carbocycles. The molecule has 3 heterocycles. The number of hydrogen-bond acceptors (Lipinski definition) is 5. The molecule has 2 saturated heterocycles. The third-order valence-electron chi connectivity index (χ3n) is 10.1. The summed E-state index contributed by atoms with van der Waals surface area (Å²) in [4.78, 5) is 26.3. The zero-order valence-corrected chi connectivity index (χ0v) is 28.7. The smallest absolute Gasteiger partial charge is 0.416 e. The fourth-order valence-corrected chi connectivity index (χ4v) is 7.48. The number of alkyl halides is 3. The van der Waals surface area contributed by atoms with E-state index in [9.17, 15) is 13.2 Å². The predicted molar refractivity (Wildman–Crippen MR) is 181 cm³/mol. The van der Waals surface area contributed by atoms with Gasteiger partial charge in [-0.1, -0.05) is 47.5 Å². The molecule has 3 aliphatic heterocycles. The van der Waals surface area contributed by atoms with Crippen LogP contribution in [0.1, 0.15) is 55.9 Å². The van der Waals surface area contributed by atoms with Gasteiger partial charge in [0.15, 0.2) is 0 Å². The molecule has 2 fully saturated rings. The molecule has 3 aromatic rings. The number of piperidine rings is 1. The number of halogens is 5. The van der Waals surface area contributed by atoms with Gasteiger partial charge in [0.25, 0.3) is 0 Å². The van der Waals surface area contributed by atoms with Crippen LogP contribution >= 0.6 is 23.2 Å². The van der Waals surface area contributed by atoms with Gasteiger partial charge in [-0.25, -0.2) is 4.79 Å². The number of amides is 2. The molecule has 256 valence electrons. The fraction of sp³-hybridized carbons (Fsp3) is 0.444. The Kier molecular flexibility index (Phi) is 9.74. The minimum absolute atomic E-state index is 0.00582. The Bertz CT molecular complexity index is 1660. The van der Waals surface area contributed by atoms with Crippen LogP contribution in [0.2, 0.25) is 10.0 Å². The van der Waals surface area contributed by atoms with Gasteiger partial charge >= 0.3 is 12.2 Å². The monoisotopic (exact) mass is 702 g/mol. The van der Waals surface area contributed by atoms with Crippen LogP contribution in [0.15, 0.2) is 71.7 Å². The molecular formula is C36H39Cl2F3N4O3. The number of carbonyl (C=O) groups is 1. The lowest BCUT2D eigenvalue weighted by atomic mass is 9.71. The Morgan fingerprint density at radius 1 is 0.917 bits per heavy atom. The average molecular weight is 704 g/mol. The first-order valence-corrected chi connectivity index (χ1v) is 17.0. The molecule has 2 atom stereocenters. The summed E-state index contributed by atoms with van der Waals surface area (Å²) >= 11 is 12.7. The number of carbonyl (C=O) groups excluding carboxylic acids is 1. The Labute approximate surface area is 289 Å². The van der Waals surface area contributed by atoms with E-state index in [1.54, 1.807) is 36.1 Å². The van der Waals surface area contributed by atoms with Crippen molar-refractivity contribution in [2.75, 3.05) is 46.0 Å². The molecule has 0 aromatic heterocycles. The lowest BCUT2D eigenvalue weighted by Crippen LogP contribution is -2.60. The highest BCUT2D eigenvalue weighted by Crippen LogP contribution is 2.54. The number of ether oxygens (including phenoxy) is 2. The molecule has 6 rings (SSSR count). The van der Waals surface area contributed by atoms with Gasteiger partial charge in [0.2, 0.25) is 0 Å². The highest BCUT2D eigenvalue weighted by atomic mass is 35.5. The van der Waals surface area contributed by atoms with Crippen molar-refractivity contribution in [3.63, 3.8) is 0 Å². The summed E-state index contributed by atoms with van der Waals surface area (Å²) in [6, 6.07) is 18.0. The van der Waals surface area contributed by atoms with Gasteiger partial charge in [0.05, 0.1) is 30.9 Å². The summed E-state index contributed by atoms with van der Waals surface area (Å²) in [5.74, 6) is 0.219. The molecule has 0 saturated carbocycles. The van der Waals surface area contributed by atoms with E-state index in [0.29, 0.717) is 48.0 Å². The number of benzene rings is 3. The van der Waals surface area contributed by atoms with Crippen LogP contribution < -0.4 is 4.74 Å². The third-order valence-corrected chi connectivity index (χ3v) is 10.6. The van der Waals surface area contributed by atoms with Crippen LogP contribution in [0.5, 0.6) is 5.75 Å². The Hall–Kier alpha value is -3.31. The quantitative estimate of drug-likeness (QED) is 0.260. The SMILES string of the molecule is CCOc1cc(C(F)(F)F)ccc1C1=NC(C)(c2ccc(Cl)cc2)C(C)(c2ccc(Cl)cc2)N1C(=O)N1CCC(N2CCOCC2)CC1. The lowest BCUT2D eigenvalue weighted by Gasteiger charge is -2.48. The van der Waals surface area contributed by atoms with Crippen LogP contribution in [-0.4, -0.2) is 78.6 Å². The van der Waals surface area contributed by atoms with Gasteiger partial charge in [-0.15, -0.1) is 0 Å². The fourth-order valence-electron chi connectivity index (χ4n) is 7.23. The second-order valence-electron chi connectivity index (χ2n) is 12.7. The van der Waals surface area contributed by atoms with E-state index in [4.69, 9.17) is 37.7 Å². The molecule has 3 aliphatic rings. The number of amidine groups is 1. The first kappa shape index (κ1) is 34.5. The van der Waals surface area contributed by atoms with E-state index in [1.807, 2.05) is 43.0 Å². The standard InChI is InChI=1S/C36H39Cl2F3N4O3/c1-4-48-31-23-26(36(39,40)41)9-14-30(31)32-42-34(2,24-5-10-27(37)11-6-24)35(3,25-7-12-28(38)13-8-25)45(32)33(46)44-17-15-29(16-18-44)43-19-21-47-22-20-43/h5-14,23,29H,4,15-22H2,1-3H3. The van der Waals surface area contributed by atoms with Crippen LogP contribution in [0.4, 0.5) is 18.0 Å².